The van der Waals surface area contributed by atoms with Gasteiger partial charge in [0.15, 0.2) is 0 Å². The predicted octanol–water partition coefficient (Wildman–Crippen LogP) is 3.72. The molecular weight excluding hydrogens is 266 g/mol. The first-order valence-corrected chi connectivity index (χ1v) is 8.99. The van der Waals surface area contributed by atoms with Crippen LogP contribution < -0.4 is 5.32 Å². The van der Waals surface area contributed by atoms with Crippen LogP contribution in [0.1, 0.15) is 61.0 Å². The minimum Gasteiger partial charge on any atom is -0.312 e. The van der Waals surface area contributed by atoms with E-state index in [2.05, 4.69) is 24.1 Å². The molecular formula is C16H29N3S. The molecule has 0 radical (unpaired) electrons. The molecule has 0 aliphatic carbocycles. The van der Waals surface area contributed by atoms with Crippen LogP contribution in [0.2, 0.25) is 0 Å². The maximum absolute atomic E-state index is 4.77. The fourth-order valence-electron chi connectivity index (χ4n) is 2.71. The zero-order valence-electron chi connectivity index (χ0n) is 13.1. The zero-order valence-corrected chi connectivity index (χ0v) is 13.9. The highest BCUT2D eigenvalue weighted by Crippen LogP contribution is 2.21. The van der Waals surface area contributed by atoms with Gasteiger partial charge in [-0.1, -0.05) is 26.2 Å². The van der Waals surface area contributed by atoms with Gasteiger partial charge in [0, 0.05) is 11.4 Å². The van der Waals surface area contributed by atoms with Crippen LogP contribution in [-0.4, -0.2) is 29.5 Å². The molecule has 114 valence electrons. The lowest BCUT2D eigenvalue weighted by Crippen LogP contribution is -2.23. The van der Waals surface area contributed by atoms with Gasteiger partial charge in [0.05, 0.1) is 12.2 Å². The van der Waals surface area contributed by atoms with Crippen molar-refractivity contribution in [1.82, 2.24) is 15.2 Å². The normalized spacial score (nSPS) is 17.3. The molecule has 0 aromatic carbocycles. The summed E-state index contributed by atoms with van der Waals surface area (Å²) in [5.41, 5.74) is 1.23. The van der Waals surface area contributed by atoms with E-state index in [1.54, 1.807) is 0 Å². The lowest BCUT2D eigenvalue weighted by atomic mass is 10.2. The Labute approximate surface area is 127 Å². The third kappa shape index (κ3) is 5.15. The zero-order chi connectivity index (χ0) is 14.2. The van der Waals surface area contributed by atoms with Gasteiger partial charge in [-0.25, -0.2) is 4.98 Å². The SMILES string of the molecule is CCCCNCc1sc(CN2CCCCCC2)nc1C. The van der Waals surface area contributed by atoms with Crippen molar-refractivity contribution in [3.05, 3.63) is 15.6 Å². The summed E-state index contributed by atoms with van der Waals surface area (Å²) in [6, 6.07) is 0. The summed E-state index contributed by atoms with van der Waals surface area (Å²) in [5, 5.41) is 4.83. The number of hydrogen-bond acceptors (Lipinski definition) is 4. The van der Waals surface area contributed by atoms with Gasteiger partial charge in [-0.3, -0.25) is 4.90 Å². The average Bonchev–Trinajstić information content (AvgIpc) is 2.65. The first-order chi connectivity index (χ1) is 9.79. The molecule has 1 fully saturated rings. The van der Waals surface area contributed by atoms with Crippen molar-refractivity contribution in [2.24, 2.45) is 0 Å². The summed E-state index contributed by atoms with van der Waals surface area (Å²) in [4.78, 5) is 8.78. The Morgan fingerprint density at radius 1 is 1.20 bits per heavy atom. The number of likely N-dealkylation sites (tertiary alicyclic amines) is 1. The summed E-state index contributed by atoms with van der Waals surface area (Å²) in [6.45, 7) is 10.1. The lowest BCUT2D eigenvalue weighted by molar-refractivity contribution is 0.276. The molecule has 20 heavy (non-hydrogen) atoms. The lowest BCUT2D eigenvalue weighted by Gasteiger charge is -2.17. The van der Waals surface area contributed by atoms with Crippen molar-refractivity contribution in [2.75, 3.05) is 19.6 Å². The van der Waals surface area contributed by atoms with Gasteiger partial charge in [-0.2, -0.15) is 0 Å². The minimum atomic E-state index is 0.990. The molecule has 0 atom stereocenters. The first kappa shape index (κ1) is 15.9. The van der Waals surface area contributed by atoms with Crippen LogP contribution in [0.5, 0.6) is 0 Å². The number of nitrogens with one attached hydrogen (secondary N) is 1. The molecule has 0 bridgehead atoms. The second kappa shape index (κ2) is 8.75. The van der Waals surface area contributed by atoms with Crippen LogP contribution in [0.15, 0.2) is 0 Å². The molecule has 2 rings (SSSR count). The summed E-state index contributed by atoms with van der Waals surface area (Å²) in [6.07, 6.45) is 8.04. The maximum Gasteiger partial charge on any atom is 0.107 e. The molecule has 3 nitrogen and oxygen atoms in total. The Morgan fingerprint density at radius 3 is 2.65 bits per heavy atom. The van der Waals surface area contributed by atoms with Gasteiger partial charge in [0.25, 0.3) is 0 Å². The molecule has 4 heteroatoms. The van der Waals surface area contributed by atoms with Crippen molar-refractivity contribution >= 4 is 11.3 Å². The fourth-order valence-corrected chi connectivity index (χ4v) is 3.79. The van der Waals surface area contributed by atoms with Gasteiger partial charge in [0.2, 0.25) is 0 Å². The summed E-state index contributed by atoms with van der Waals surface area (Å²) in [7, 11) is 0. The number of aryl methyl sites for hydroxylation is 1. The van der Waals surface area contributed by atoms with E-state index in [0.29, 0.717) is 0 Å². The molecule has 0 unspecified atom stereocenters. The third-order valence-electron chi connectivity index (χ3n) is 3.99. The quantitative estimate of drug-likeness (QED) is 0.777. The van der Waals surface area contributed by atoms with Crippen LogP contribution in [0.25, 0.3) is 0 Å². The molecule has 1 aliphatic rings. The van der Waals surface area contributed by atoms with Gasteiger partial charge < -0.3 is 5.32 Å². The Morgan fingerprint density at radius 2 is 1.95 bits per heavy atom. The third-order valence-corrected chi connectivity index (χ3v) is 5.13. The smallest absolute Gasteiger partial charge is 0.107 e. The highest BCUT2D eigenvalue weighted by molar-refractivity contribution is 7.11. The molecule has 0 amide bonds. The monoisotopic (exact) mass is 295 g/mol. The molecule has 0 saturated carbocycles. The summed E-state index contributed by atoms with van der Waals surface area (Å²) >= 11 is 1.90. The number of aromatic nitrogens is 1. The molecule has 1 aromatic heterocycles. The molecule has 1 saturated heterocycles. The Balaban J connectivity index is 1.82. The van der Waals surface area contributed by atoms with Crippen LogP contribution in [0, 0.1) is 6.92 Å². The number of thiazole rings is 1. The Kier molecular flexibility index (Phi) is 6.97. The maximum atomic E-state index is 4.77. The van der Waals surface area contributed by atoms with E-state index in [1.807, 2.05) is 11.3 Å². The molecule has 2 heterocycles. The summed E-state index contributed by atoms with van der Waals surface area (Å²) in [5.74, 6) is 0. The van der Waals surface area contributed by atoms with Crippen molar-refractivity contribution in [3.8, 4) is 0 Å². The van der Waals surface area contributed by atoms with E-state index in [9.17, 15) is 0 Å². The molecule has 1 N–H and O–H groups in total. The minimum absolute atomic E-state index is 0.990. The van der Waals surface area contributed by atoms with Gasteiger partial charge >= 0.3 is 0 Å². The van der Waals surface area contributed by atoms with Crippen LogP contribution in [0.3, 0.4) is 0 Å². The predicted molar refractivity (Wildman–Crippen MR) is 87.2 cm³/mol. The van der Waals surface area contributed by atoms with Crippen molar-refractivity contribution < 1.29 is 0 Å². The van der Waals surface area contributed by atoms with Crippen molar-refractivity contribution in [2.45, 2.75) is 65.5 Å². The molecule has 1 aliphatic heterocycles. The van der Waals surface area contributed by atoms with Crippen molar-refractivity contribution in [3.63, 3.8) is 0 Å². The van der Waals surface area contributed by atoms with E-state index >= 15 is 0 Å². The van der Waals surface area contributed by atoms with E-state index in [1.165, 1.54) is 67.2 Å². The first-order valence-electron chi connectivity index (χ1n) is 8.18. The highest BCUT2D eigenvalue weighted by atomic mass is 32.1. The largest absolute Gasteiger partial charge is 0.312 e. The average molecular weight is 295 g/mol. The topological polar surface area (TPSA) is 28.2 Å². The second-order valence-electron chi connectivity index (χ2n) is 5.84. The highest BCUT2D eigenvalue weighted by Gasteiger charge is 2.13. The number of nitrogens with zero attached hydrogens (tertiary/aromatic N) is 2. The van der Waals surface area contributed by atoms with E-state index < -0.39 is 0 Å². The Bertz CT molecular complexity index is 381. The van der Waals surface area contributed by atoms with E-state index in [0.717, 1.165) is 19.6 Å². The van der Waals surface area contributed by atoms with Crippen LogP contribution >= 0.6 is 11.3 Å². The van der Waals surface area contributed by atoms with Gasteiger partial charge in [0.1, 0.15) is 5.01 Å². The van der Waals surface area contributed by atoms with Gasteiger partial charge in [-0.15, -0.1) is 11.3 Å². The number of rotatable bonds is 7. The van der Waals surface area contributed by atoms with E-state index in [4.69, 9.17) is 4.98 Å². The van der Waals surface area contributed by atoms with Crippen molar-refractivity contribution in [1.29, 1.82) is 0 Å². The Hall–Kier alpha value is -0.450. The summed E-state index contributed by atoms with van der Waals surface area (Å²) < 4.78 is 0. The van der Waals surface area contributed by atoms with Crippen LogP contribution in [0.4, 0.5) is 0 Å². The van der Waals surface area contributed by atoms with Crippen LogP contribution in [-0.2, 0) is 13.1 Å². The number of unbranched alkanes of at least 4 members (excludes halogenated alkanes) is 1. The van der Waals surface area contributed by atoms with E-state index in [-0.39, 0.29) is 0 Å². The fraction of sp³-hybridized carbons (Fsp3) is 0.812. The second-order valence-corrected chi connectivity index (χ2v) is 7.01. The standard InChI is InChI=1S/C16H29N3S/c1-3-4-9-17-12-15-14(2)18-16(20-15)13-19-10-7-5-6-8-11-19/h17H,3-13H2,1-2H3. The van der Waals surface area contributed by atoms with Gasteiger partial charge in [-0.05, 0) is 45.8 Å². The molecule has 0 spiro atoms. The molecule has 1 aromatic rings. The number of hydrogen-bond donors (Lipinski definition) is 1.